The molecule has 0 spiro atoms. The lowest BCUT2D eigenvalue weighted by atomic mass is 9.94. The number of hydrogen-bond acceptors (Lipinski definition) is 10. The van der Waals surface area contributed by atoms with Crippen molar-refractivity contribution in [2.45, 2.75) is 61.5 Å². The van der Waals surface area contributed by atoms with E-state index in [0.29, 0.717) is 53.8 Å². The molecule has 0 bridgehead atoms. The van der Waals surface area contributed by atoms with E-state index in [1.54, 1.807) is 48.2 Å². The van der Waals surface area contributed by atoms with E-state index in [1.165, 1.54) is 17.0 Å². The summed E-state index contributed by atoms with van der Waals surface area (Å²) in [6, 6.07) is 34.9. The molecule has 0 amide bonds. The molecule has 16 heteroatoms. The number of benzene rings is 5. The Bertz CT molecular complexity index is 2810. The van der Waals surface area contributed by atoms with Gasteiger partial charge in [0.05, 0.1) is 27.4 Å². The molecule has 68 heavy (non-hydrogen) atoms. The van der Waals surface area contributed by atoms with Gasteiger partial charge in [0, 0.05) is 103 Å². The highest BCUT2D eigenvalue weighted by molar-refractivity contribution is 7.99. The number of rotatable bonds is 15. The van der Waals surface area contributed by atoms with Crippen LogP contribution in [0.4, 0.5) is 31.5 Å². The number of piperazine rings is 1. The third-order valence-corrected chi connectivity index (χ3v) is 15.6. The molecule has 2 fully saturated rings. The number of halogens is 3. The van der Waals surface area contributed by atoms with E-state index < -0.39 is 27.3 Å². The summed E-state index contributed by atoms with van der Waals surface area (Å²) in [4.78, 5) is 24.2. The quantitative estimate of drug-likeness (QED) is 0.0856. The number of aromatic nitrogens is 1. The minimum Gasteiger partial charge on any atom is -0.390 e. The zero-order chi connectivity index (χ0) is 48.6. The third kappa shape index (κ3) is 12.3. The summed E-state index contributed by atoms with van der Waals surface area (Å²) in [6.45, 7) is 10.6. The van der Waals surface area contributed by atoms with Crippen molar-refractivity contribution < 1.29 is 31.9 Å². The Morgan fingerprint density at radius 2 is 1.49 bits per heavy atom. The number of piperidine rings is 1. The minimum atomic E-state index is -3.89. The zero-order valence-corrected chi connectivity index (χ0v) is 41.0. The first kappa shape index (κ1) is 50.2. The second-order valence-electron chi connectivity index (χ2n) is 17.6. The predicted molar refractivity (Wildman–Crippen MR) is 269 cm³/mol. The topological polar surface area (TPSA) is 127 Å². The van der Waals surface area contributed by atoms with Crippen LogP contribution in [0.5, 0.6) is 0 Å². The Balaban J connectivity index is 0.00000222. The number of hydrogen-bond donors (Lipinski definition) is 3. The van der Waals surface area contributed by atoms with Crippen molar-refractivity contribution >= 4 is 62.3 Å². The van der Waals surface area contributed by atoms with E-state index in [9.17, 15) is 13.5 Å². The lowest BCUT2D eigenvalue weighted by Crippen LogP contribution is -2.46. The average molecular weight is 984 g/mol. The van der Waals surface area contributed by atoms with Crippen molar-refractivity contribution in [1.82, 2.24) is 9.47 Å². The fraction of sp³-hybridized carbons (Fsp3) is 0.327. The number of aliphatic hydroxyl groups is 1. The first-order chi connectivity index (χ1) is 32.6. The van der Waals surface area contributed by atoms with Gasteiger partial charge in [-0.15, -0.1) is 11.8 Å². The van der Waals surface area contributed by atoms with Gasteiger partial charge in [0.2, 0.25) is 0 Å². The van der Waals surface area contributed by atoms with Crippen molar-refractivity contribution in [2.24, 2.45) is 7.05 Å². The number of anilines is 4. The molecule has 3 N–H and O–H groups in total. The molecule has 1 atom stereocenters. The van der Waals surface area contributed by atoms with E-state index in [0.717, 1.165) is 72.8 Å². The highest BCUT2D eigenvalue weighted by Crippen LogP contribution is 2.41. The van der Waals surface area contributed by atoms with E-state index >= 15 is 8.78 Å². The van der Waals surface area contributed by atoms with Crippen LogP contribution in [0, 0.1) is 25.5 Å². The zero-order valence-electron chi connectivity index (χ0n) is 38.6. The monoisotopic (exact) mass is 982 g/mol. The smallest absolute Gasteiger partial charge is 0.373 e. The molecule has 0 aliphatic carbocycles. The summed E-state index contributed by atoms with van der Waals surface area (Å²) in [6.07, 6.45) is 2.69. The van der Waals surface area contributed by atoms with Gasteiger partial charge in [-0.25, -0.2) is 17.2 Å². The highest BCUT2D eigenvalue weighted by atomic mass is 35.5. The van der Waals surface area contributed by atoms with Gasteiger partial charge in [-0.05, 0) is 136 Å². The van der Waals surface area contributed by atoms with Gasteiger partial charge in [0.25, 0.3) is 10.0 Å². The summed E-state index contributed by atoms with van der Waals surface area (Å²) in [5.74, 6) is -0.377. The predicted octanol–water partition coefficient (Wildman–Crippen LogP) is 10.3. The Morgan fingerprint density at radius 1 is 0.838 bits per heavy atom. The fourth-order valence-corrected chi connectivity index (χ4v) is 11.0. The first-order valence-electron chi connectivity index (χ1n) is 22.6. The number of nitrogens with zero attached hydrogens (tertiary/aromatic N) is 4. The Labute approximate surface area is 407 Å². The van der Waals surface area contributed by atoms with Crippen LogP contribution in [0.15, 0.2) is 125 Å². The standard InChI is InChI=1S/C51H57ClF2N6O3S2.CO2/c1-35-32-43(18-20-46(35)55-40(34-64-42-8-6-5-7-9-42)22-25-58-26-23-51(3,61)24-27-58)65(62,63)56-39-14-16-41(17-15-39)59-28-30-60(31-29-59)47-21-19-45(53)48(49(47)54)44-33-36(2)57(4)50(44)37-10-12-38(52)13-11-37;2-1-3/h5-21,32-33,40,55-56,61H,22-31,34H2,1-4H3;/t40-;/m1./s1. The van der Waals surface area contributed by atoms with Crippen LogP contribution in [0.3, 0.4) is 0 Å². The van der Waals surface area contributed by atoms with Crippen LogP contribution in [-0.2, 0) is 26.7 Å². The number of carbonyl (C=O) groups excluding carboxylic acids is 2. The second-order valence-corrected chi connectivity index (χ2v) is 20.9. The maximum atomic E-state index is 16.5. The van der Waals surface area contributed by atoms with Gasteiger partial charge in [0.1, 0.15) is 5.82 Å². The number of likely N-dealkylation sites (tertiary alicyclic amines) is 1. The molecule has 3 heterocycles. The van der Waals surface area contributed by atoms with Crippen LogP contribution in [0.25, 0.3) is 22.4 Å². The Morgan fingerprint density at radius 3 is 2.13 bits per heavy atom. The molecule has 2 aliphatic rings. The molecule has 0 radical (unpaired) electrons. The summed E-state index contributed by atoms with van der Waals surface area (Å²) in [5.41, 5.74) is 5.66. The van der Waals surface area contributed by atoms with Crippen LogP contribution in [0.2, 0.25) is 5.02 Å². The molecule has 11 nitrogen and oxygen atoms in total. The van der Waals surface area contributed by atoms with E-state index in [-0.39, 0.29) is 22.7 Å². The van der Waals surface area contributed by atoms with Crippen molar-refractivity contribution in [3.63, 3.8) is 0 Å². The molecule has 2 aliphatic heterocycles. The van der Waals surface area contributed by atoms with Gasteiger partial charge in [-0.3, -0.25) is 4.72 Å². The maximum Gasteiger partial charge on any atom is 0.373 e. The lowest BCUT2D eigenvalue weighted by molar-refractivity contribution is -0.191. The van der Waals surface area contributed by atoms with Gasteiger partial charge < -0.3 is 29.7 Å². The molecule has 0 unspecified atom stereocenters. The van der Waals surface area contributed by atoms with Crippen molar-refractivity contribution in [2.75, 3.05) is 71.4 Å². The molecule has 6 aromatic rings. The molecule has 2 saturated heterocycles. The molecule has 0 saturated carbocycles. The number of aryl methyl sites for hydroxylation is 2. The SMILES string of the molecule is Cc1cc(S(=O)(=O)Nc2ccc(N3CCN(c4ccc(F)c(-c5cc(C)n(C)c5-c5ccc(Cl)cc5)c4F)CC3)cc2)ccc1N[C@H](CCN1CCC(C)(O)CC1)CSc1ccccc1.O=C=O. The Kier molecular flexibility index (Phi) is 16.4. The maximum absolute atomic E-state index is 16.5. The van der Waals surface area contributed by atoms with Crippen molar-refractivity contribution in [3.8, 4) is 22.4 Å². The first-order valence-corrected chi connectivity index (χ1v) is 25.4. The average Bonchev–Trinajstić information content (AvgIpc) is 3.61. The molecule has 1 aromatic heterocycles. The van der Waals surface area contributed by atoms with Crippen LogP contribution in [-0.4, -0.2) is 92.4 Å². The normalized spacial score (nSPS) is 15.5. The molecule has 8 rings (SSSR count). The van der Waals surface area contributed by atoms with Gasteiger partial charge in [-0.2, -0.15) is 9.59 Å². The minimum absolute atomic E-state index is 0.0571. The van der Waals surface area contributed by atoms with Crippen molar-refractivity contribution in [3.05, 3.63) is 143 Å². The fourth-order valence-electron chi connectivity index (χ4n) is 8.76. The summed E-state index contributed by atoms with van der Waals surface area (Å²) >= 11 is 7.95. The summed E-state index contributed by atoms with van der Waals surface area (Å²) in [5, 5.41) is 14.7. The largest absolute Gasteiger partial charge is 0.390 e. The number of sulfonamides is 1. The number of thioether (sulfide) groups is 1. The van der Waals surface area contributed by atoms with E-state index in [1.807, 2.05) is 91.9 Å². The molecule has 358 valence electrons. The molecular weight excluding hydrogens is 926 g/mol. The van der Waals surface area contributed by atoms with Gasteiger partial charge >= 0.3 is 6.15 Å². The van der Waals surface area contributed by atoms with Gasteiger partial charge in [0.15, 0.2) is 5.82 Å². The molecular formula is C52H57ClF2N6O5S2. The molecule has 5 aromatic carbocycles. The summed E-state index contributed by atoms with van der Waals surface area (Å²) in [7, 11) is -2.00. The number of nitrogens with one attached hydrogen (secondary N) is 2. The van der Waals surface area contributed by atoms with E-state index in [4.69, 9.17) is 21.2 Å². The Hall–Kier alpha value is -5.67. The third-order valence-electron chi connectivity index (χ3n) is 12.8. The summed E-state index contributed by atoms with van der Waals surface area (Å²) < 4.78 is 64.1. The van der Waals surface area contributed by atoms with Crippen LogP contribution < -0.4 is 19.8 Å². The van der Waals surface area contributed by atoms with Gasteiger partial charge in [-0.1, -0.05) is 41.9 Å². The van der Waals surface area contributed by atoms with Crippen LogP contribution in [0.1, 0.15) is 37.4 Å². The van der Waals surface area contributed by atoms with Crippen molar-refractivity contribution in [1.29, 1.82) is 0 Å². The highest BCUT2D eigenvalue weighted by Gasteiger charge is 2.29. The van der Waals surface area contributed by atoms with Crippen LogP contribution >= 0.6 is 23.4 Å². The lowest BCUT2D eigenvalue weighted by Gasteiger charge is -2.37. The van der Waals surface area contributed by atoms with E-state index in [2.05, 4.69) is 32.0 Å². The second kappa shape index (κ2) is 22.2.